The fourth-order valence-electron chi connectivity index (χ4n) is 5.01. The van der Waals surface area contributed by atoms with Crippen LogP contribution in [0.4, 0.5) is 11.4 Å². The van der Waals surface area contributed by atoms with Gasteiger partial charge in [0.2, 0.25) is 5.91 Å². The van der Waals surface area contributed by atoms with Crippen LogP contribution in [0.2, 0.25) is 0 Å². The average molecular weight is 593 g/mol. The van der Waals surface area contributed by atoms with E-state index in [9.17, 15) is 19.5 Å². The summed E-state index contributed by atoms with van der Waals surface area (Å²) in [6.45, 7) is 0.949. The normalized spacial score (nSPS) is 13.0. The summed E-state index contributed by atoms with van der Waals surface area (Å²) in [6, 6.07) is 29.8. The van der Waals surface area contributed by atoms with Crippen molar-refractivity contribution in [2.24, 2.45) is 5.92 Å². The van der Waals surface area contributed by atoms with Crippen molar-refractivity contribution in [1.82, 2.24) is 0 Å². The van der Waals surface area contributed by atoms with Crippen molar-refractivity contribution in [3.05, 3.63) is 120 Å². The molecule has 0 unspecified atom stereocenters. The molecular weight excluding hydrogens is 556 g/mol. The summed E-state index contributed by atoms with van der Waals surface area (Å²) >= 11 is 0. The standard InChI is InChI=1S/C36H36N2O6/c1-43-30-12-7-11-28(24-30)38(35(40)27-17-18-27)21-8-22-44-29-19-15-25(16-20-29)23-33(36(41)42)37-32-14-6-5-13-31(32)34(39)26-9-3-2-4-10-26/h2-7,9-16,19-20,24,27,33,37H,8,17-18,21-23H2,1H3,(H,41,42)/t33-/m0/s1. The number of carboxylic acids is 1. The molecule has 1 aliphatic rings. The third kappa shape index (κ3) is 7.83. The monoisotopic (exact) mass is 592 g/mol. The Labute approximate surface area is 257 Å². The second kappa shape index (κ2) is 14.4. The van der Waals surface area contributed by atoms with Gasteiger partial charge in [-0.1, -0.05) is 60.7 Å². The molecule has 1 atom stereocenters. The first-order valence-electron chi connectivity index (χ1n) is 14.8. The van der Waals surface area contributed by atoms with Gasteiger partial charge in [0.05, 0.1) is 13.7 Å². The summed E-state index contributed by atoms with van der Waals surface area (Å²) in [5.41, 5.74) is 3.05. The lowest BCUT2D eigenvalue weighted by Gasteiger charge is -2.23. The van der Waals surface area contributed by atoms with Crippen LogP contribution in [-0.2, 0) is 16.0 Å². The Balaban J connectivity index is 1.17. The smallest absolute Gasteiger partial charge is 0.326 e. The molecule has 4 aromatic rings. The number of carbonyl (C=O) groups is 3. The highest BCUT2D eigenvalue weighted by atomic mass is 16.5. The number of carbonyl (C=O) groups excluding carboxylic acids is 2. The molecule has 0 spiro atoms. The van der Waals surface area contributed by atoms with E-state index in [4.69, 9.17) is 9.47 Å². The van der Waals surface area contributed by atoms with Gasteiger partial charge in [0.25, 0.3) is 0 Å². The van der Waals surface area contributed by atoms with Gasteiger partial charge in [-0.2, -0.15) is 0 Å². The van der Waals surface area contributed by atoms with E-state index < -0.39 is 12.0 Å². The lowest BCUT2D eigenvalue weighted by molar-refractivity contribution is -0.137. The molecular formula is C36H36N2O6. The molecule has 1 saturated carbocycles. The number of nitrogens with zero attached hydrogens (tertiary/aromatic N) is 1. The maximum atomic E-state index is 13.1. The average Bonchev–Trinajstić information content (AvgIpc) is 3.91. The first-order chi connectivity index (χ1) is 21.4. The Morgan fingerprint density at radius 3 is 2.32 bits per heavy atom. The van der Waals surface area contributed by atoms with E-state index in [1.807, 2.05) is 59.5 Å². The molecule has 0 aromatic heterocycles. The Kier molecular flexibility index (Phi) is 9.92. The van der Waals surface area contributed by atoms with Crippen molar-refractivity contribution in [3.63, 3.8) is 0 Å². The minimum absolute atomic E-state index is 0.0941. The van der Waals surface area contributed by atoms with Crippen molar-refractivity contribution in [2.45, 2.75) is 31.7 Å². The first-order valence-corrected chi connectivity index (χ1v) is 14.8. The van der Waals surface area contributed by atoms with Crippen molar-refractivity contribution < 1.29 is 29.0 Å². The number of ketones is 1. The molecule has 4 aromatic carbocycles. The van der Waals surface area contributed by atoms with Crippen LogP contribution >= 0.6 is 0 Å². The summed E-state index contributed by atoms with van der Waals surface area (Å²) in [4.78, 5) is 40.1. The predicted molar refractivity (Wildman–Crippen MR) is 170 cm³/mol. The molecule has 0 aliphatic heterocycles. The Morgan fingerprint density at radius 1 is 0.886 bits per heavy atom. The van der Waals surface area contributed by atoms with E-state index in [0.29, 0.717) is 47.9 Å². The minimum atomic E-state index is -1.02. The number of hydrogen-bond donors (Lipinski definition) is 2. The molecule has 8 nitrogen and oxygen atoms in total. The van der Waals surface area contributed by atoms with Gasteiger partial charge in [-0.25, -0.2) is 4.79 Å². The molecule has 0 saturated heterocycles. The van der Waals surface area contributed by atoms with E-state index in [-0.39, 0.29) is 24.0 Å². The number of aliphatic carboxylic acids is 1. The van der Waals surface area contributed by atoms with Gasteiger partial charge in [-0.15, -0.1) is 0 Å². The number of ether oxygens (including phenoxy) is 2. The van der Waals surface area contributed by atoms with Crippen LogP contribution in [0.1, 0.15) is 40.7 Å². The van der Waals surface area contributed by atoms with Gasteiger partial charge < -0.3 is 24.8 Å². The van der Waals surface area contributed by atoms with Gasteiger partial charge in [-0.3, -0.25) is 9.59 Å². The summed E-state index contributed by atoms with van der Waals surface area (Å²) in [6.07, 6.45) is 2.71. The maximum absolute atomic E-state index is 13.1. The molecule has 8 heteroatoms. The van der Waals surface area contributed by atoms with E-state index >= 15 is 0 Å². The molecule has 44 heavy (non-hydrogen) atoms. The van der Waals surface area contributed by atoms with Crippen molar-refractivity contribution >= 4 is 29.0 Å². The highest BCUT2D eigenvalue weighted by Gasteiger charge is 2.34. The summed E-state index contributed by atoms with van der Waals surface area (Å²) in [5, 5.41) is 13.0. The number of carboxylic acid groups (broad SMARTS) is 1. The van der Waals surface area contributed by atoms with Crippen LogP contribution in [0.3, 0.4) is 0 Å². The van der Waals surface area contributed by atoms with E-state index in [1.54, 1.807) is 55.6 Å². The lowest BCUT2D eigenvalue weighted by Crippen LogP contribution is -2.33. The van der Waals surface area contributed by atoms with E-state index in [1.165, 1.54) is 0 Å². The van der Waals surface area contributed by atoms with E-state index in [2.05, 4.69) is 5.32 Å². The second-order valence-electron chi connectivity index (χ2n) is 10.8. The third-order valence-corrected chi connectivity index (χ3v) is 7.55. The lowest BCUT2D eigenvalue weighted by atomic mass is 10.00. The molecule has 0 radical (unpaired) electrons. The fourth-order valence-corrected chi connectivity index (χ4v) is 5.01. The third-order valence-electron chi connectivity index (χ3n) is 7.55. The van der Waals surface area contributed by atoms with Crippen LogP contribution in [-0.4, -0.2) is 49.1 Å². The van der Waals surface area contributed by atoms with Crippen molar-refractivity contribution in [2.75, 3.05) is 30.5 Å². The van der Waals surface area contributed by atoms with Crippen molar-refractivity contribution in [3.8, 4) is 11.5 Å². The summed E-state index contributed by atoms with van der Waals surface area (Å²) < 4.78 is 11.3. The van der Waals surface area contributed by atoms with Crippen LogP contribution in [0.5, 0.6) is 11.5 Å². The zero-order valence-electron chi connectivity index (χ0n) is 24.6. The molecule has 0 heterocycles. The number of nitrogens with one attached hydrogen (secondary N) is 1. The number of rotatable bonds is 15. The van der Waals surface area contributed by atoms with Gasteiger partial charge in [-0.05, 0) is 61.2 Å². The number of hydrogen-bond acceptors (Lipinski definition) is 6. The van der Waals surface area contributed by atoms with Gasteiger partial charge in [0.1, 0.15) is 17.5 Å². The zero-order chi connectivity index (χ0) is 30.9. The zero-order valence-corrected chi connectivity index (χ0v) is 24.6. The molecule has 226 valence electrons. The number of amides is 1. The van der Waals surface area contributed by atoms with Crippen molar-refractivity contribution in [1.29, 1.82) is 0 Å². The van der Waals surface area contributed by atoms with Gasteiger partial charge >= 0.3 is 5.97 Å². The van der Waals surface area contributed by atoms with Gasteiger partial charge in [0, 0.05) is 47.5 Å². The molecule has 1 aliphatic carbocycles. The number of methoxy groups -OCH3 is 1. The SMILES string of the molecule is COc1cccc(N(CCCOc2ccc(C[C@H](Nc3ccccc3C(=O)c3ccccc3)C(=O)O)cc2)C(=O)C2CC2)c1. The predicted octanol–water partition coefficient (Wildman–Crippen LogP) is 6.25. The molecule has 0 bridgehead atoms. The van der Waals surface area contributed by atoms with Crippen LogP contribution in [0, 0.1) is 5.92 Å². The molecule has 1 fully saturated rings. The first kappa shape index (κ1) is 30.4. The Morgan fingerprint density at radius 2 is 1.61 bits per heavy atom. The van der Waals surface area contributed by atoms with E-state index in [0.717, 1.165) is 24.1 Å². The van der Waals surface area contributed by atoms with Crippen LogP contribution in [0.15, 0.2) is 103 Å². The maximum Gasteiger partial charge on any atom is 0.326 e. The second-order valence-corrected chi connectivity index (χ2v) is 10.8. The summed E-state index contributed by atoms with van der Waals surface area (Å²) in [7, 11) is 1.61. The highest BCUT2D eigenvalue weighted by Crippen LogP contribution is 2.33. The number of benzene rings is 4. The largest absolute Gasteiger partial charge is 0.497 e. The fraction of sp³-hybridized carbons (Fsp3) is 0.250. The quantitative estimate of drug-likeness (QED) is 0.124. The number of anilines is 2. The minimum Gasteiger partial charge on any atom is -0.497 e. The summed E-state index contributed by atoms with van der Waals surface area (Å²) in [5.74, 6) is 0.399. The Hall–Kier alpha value is -5.11. The number of para-hydroxylation sites is 1. The molecule has 1 amide bonds. The van der Waals surface area contributed by atoms with Gasteiger partial charge in [0.15, 0.2) is 5.78 Å². The van der Waals surface area contributed by atoms with Crippen LogP contribution in [0.25, 0.3) is 0 Å². The topological polar surface area (TPSA) is 105 Å². The van der Waals surface area contributed by atoms with Crippen LogP contribution < -0.4 is 19.7 Å². The highest BCUT2D eigenvalue weighted by molar-refractivity contribution is 6.12. The molecule has 5 rings (SSSR count). The molecule has 2 N–H and O–H groups in total. The Bertz CT molecular complexity index is 1580.